The number of likely N-dealkylation sites (N-methyl/N-ethyl adjacent to an activating group) is 2. The summed E-state index contributed by atoms with van der Waals surface area (Å²) >= 11 is 0. The first-order valence-corrected chi connectivity index (χ1v) is 32.8. The Kier molecular flexibility index (Phi) is 33.3. The summed E-state index contributed by atoms with van der Waals surface area (Å²) in [5, 5.41) is 33.3. The number of likely N-dealkylation sites (tertiary alicyclic amines) is 1. The van der Waals surface area contributed by atoms with E-state index in [1.165, 1.54) is 14.2 Å². The lowest BCUT2D eigenvalue weighted by Crippen LogP contribution is -2.60. The summed E-state index contributed by atoms with van der Waals surface area (Å²) in [6, 6.07) is 1.56. The van der Waals surface area contributed by atoms with Crippen LogP contribution in [-0.2, 0) is 73.4 Å². The van der Waals surface area contributed by atoms with E-state index >= 15 is 0 Å². The summed E-state index contributed by atoms with van der Waals surface area (Å²) in [6.07, 6.45) is 2.62. The van der Waals surface area contributed by atoms with Crippen molar-refractivity contribution >= 4 is 71.0 Å². The first kappa shape index (κ1) is 79.9. The predicted molar refractivity (Wildman–Crippen MR) is 348 cm³/mol. The van der Waals surface area contributed by atoms with Crippen LogP contribution < -0.4 is 26.6 Å². The van der Waals surface area contributed by atoms with E-state index in [0.29, 0.717) is 44.5 Å². The van der Waals surface area contributed by atoms with Crippen LogP contribution in [0.2, 0.25) is 0 Å². The second-order valence-corrected chi connectivity index (χ2v) is 26.6. The zero-order chi connectivity index (χ0) is 70.0. The van der Waals surface area contributed by atoms with Gasteiger partial charge in [0.05, 0.1) is 42.7 Å². The molecule has 26 heteroatoms. The molecule has 1 fully saturated rings. The van der Waals surface area contributed by atoms with Crippen LogP contribution in [0, 0.1) is 29.1 Å². The zero-order valence-corrected chi connectivity index (χ0v) is 57.6. The third kappa shape index (κ3) is 24.8. The third-order valence-electron chi connectivity index (χ3n) is 17.6. The molecule has 1 aromatic carbocycles. The third-order valence-corrected chi connectivity index (χ3v) is 17.6. The summed E-state index contributed by atoms with van der Waals surface area (Å²) < 4.78 is 12.2. The fraction of sp³-hybridized carbons (Fsp3) is 0.701. The van der Waals surface area contributed by atoms with E-state index in [9.17, 15) is 67.7 Å². The molecule has 0 saturated carbocycles. The average Bonchev–Trinajstić information content (AvgIpc) is 1.83. The average molecular weight is 1310 g/mol. The van der Waals surface area contributed by atoms with Gasteiger partial charge in [0, 0.05) is 91.3 Å². The second-order valence-electron chi connectivity index (χ2n) is 26.6. The number of nitrogens with zero attached hydrogens (tertiary/aromatic N) is 5. The van der Waals surface area contributed by atoms with Gasteiger partial charge < -0.3 is 61.0 Å². The minimum atomic E-state index is -1.56. The number of hydrogen-bond acceptors (Lipinski definition) is 15. The highest BCUT2D eigenvalue weighted by atomic mass is 16.5. The molecule has 2 heterocycles. The molecule has 2 aliphatic rings. The number of carboxylic acid groups (broad SMARTS) is 2. The molecule has 522 valence electrons. The van der Waals surface area contributed by atoms with Crippen molar-refractivity contribution in [2.24, 2.45) is 29.1 Å². The van der Waals surface area contributed by atoms with Crippen LogP contribution in [0.4, 0.5) is 0 Å². The second kappa shape index (κ2) is 38.8. The summed E-state index contributed by atoms with van der Waals surface area (Å²) in [4.78, 5) is 167. The largest absolute Gasteiger partial charge is 0.481 e. The van der Waals surface area contributed by atoms with Gasteiger partial charge in [-0.05, 0) is 88.3 Å². The molecule has 3 rings (SSSR count). The number of imide groups is 1. The first-order valence-electron chi connectivity index (χ1n) is 32.8. The number of rotatable bonds is 41. The molecule has 10 amide bonds. The highest BCUT2D eigenvalue weighted by Gasteiger charge is 2.44. The number of nitrogens with one attached hydrogen (secondary N) is 5. The lowest BCUT2D eigenvalue weighted by Gasteiger charge is -2.41. The number of amides is 10. The maximum Gasteiger partial charge on any atom is 0.326 e. The van der Waals surface area contributed by atoms with Gasteiger partial charge >= 0.3 is 11.9 Å². The Morgan fingerprint density at radius 1 is 0.710 bits per heavy atom. The number of methoxy groups -OCH3 is 2. The summed E-state index contributed by atoms with van der Waals surface area (Å²) in [5.41, 5.74) is 0.128. The summed E-state index contributed by atoms with van der Waals surface area (Å²) in [5.74, 6) is -9.14. The number of carbonyl (C=O) groups excluding carboxylic acids is 10. The Labute approximate surface area is 549 Å². The Balaban J connectivity index is 1.77. The van der Waals surface area contributed by atoms with Crippen LogP contribution in [0.3, 0.4) is 0 Å². The lowest BCUT2D eigenvalue weighted by molar-refractivity contribution is -0.148. The number of carbonyl (C=O) groups is 12. The molecule has 0 aromatic heterocycles. The van der Waals surface area contributed by atoms with E-state index in [2.05, 4.69) is 26.6 Å². The van der Waals surface area contributed by atoms with Crippen molar-refractivity contribution < 1.29 is 77.2 Å². The number of benzene rings is 1. The predicted octanol–water partition coefficient (Wildman–Crippen LogP) is 3.54. The van der Waals surface area contributed by atoms with E-state index in [-0.39, 0.29) is 93.0 Å². The van der Waals surface area contributed by atoms with Gasteiger partial charge in [0.2, 0.25) is 47.3 Å². The van der Waals surface area contributed by atoms with E-state index in [1.807, 2.05) is 74.3 Å². The van der Waals surface area contributed by atoms with Crippen molar-refractivity contribution in [2.75, 3.05) is 68.1 Å². The van der Waals surface area contributed by atoms with Crippen LogP contribution in [0.25, 0.3) is 0 Å². The maximum atomic E-state index is 14.8. The first-order chi connectivity index (χ1) is 43.7. The number of unbranched alkanes of at least 4 members (excludes halogenated alkanes) is 2. The molecular weight excluding hydrogens is 1200 g/mol. The molecule has 0 radical (unpaired) electrons. The molecule has 1 saturated heterocycles. The van der Waals surface area contributed by atoms with Crippen molar-refractivity contribution in [3.63, 3.8) is 0 Å². The molecule has 0 spiro atoms. The Bertz CT molecular complexity index is 2700. The van der Waals surface area contributed by atoms with Crippen molar-refractivity contribution in [3.8, 4) is 0 Å². The van der Waals surface area contributed by atoms with E-state index < -0.39 is 126 Å². The van der Waals surface area contributed by atoms with Gasteiger partial charge in [-0.2, -0.15) is 0 Å². The minimum absolute atomic E-state index is 0.0587. The Hall–Kier alpha value is -7.32. The van der Waals surface area contributed by atoms with Gasteiger partial charge in [0.15, 0.2) is 0 Å². The highest BCUT2D eigenvalue weighted by molar-refractivity contribution is 6.13. The molecule has 2 aliphatic heterocycles. The van der Waals surface area contributed by atoms with Gasteiger partial charge in [-0.15, -0.1) is 0 Å². The molecular formula is C67H108N10O16. The Morgan fingerprint density at radius 2 is 1.31 bits per heavy atom. The summed E-state index contributed by atoms with van der Waals surface area (Å²) in [7, 11) is 8.27. The molecule has 1 unspecified atom stereocenters. The molecule has 11 atom stereocenters. The molecule has 7 N–H and O–H groups in total. The standard InChI is InChI=1S/C67H108N10O16/c1-16-43(6)58(75(13)64(88)56(41(2)3)72-63(87)57(42(4)5)73(11)35-22-23-36-74(12)66(91)67(8,9)10)50(92-14)40-54(81)76-37-24-28-49(76)59(93-15)44(7)60(84)71-48(39-45-25-18-17-19-26-45)62(86)69-46(29-32-55(82)83)61(85)70-47(65(89)90)27-20-21-34-68-51(78)33-38-77-52(79)30-31-53(77)80/h17-19,25-26,30-31,41-44,46-50,56-59H,16,20-24,27-29,32-40H2,1-15H3,(H,68,78)(H,69,86)(H,70,85)(H,71,84)(H,72,87)(H,82,83)(H,89,90)/t43-,44+,46-,47-,48?,49-,50+,56-,57-,58-,59+/m0/s1. The normalized spacial score (nSPS) is 17.4. The van der Waals surface area contributed by atoms with Crippen LogP contribution in [0.15, 0.2) is 42.5 Å². The van der Waals surface area contributed by atoms with Gasteiger partial charge in [-0.3, -0.25) is 62.5 Å². The fourth-order valence-corrected chi connectivity index (χ4v) is 12.2. The van der Waals surface area contributed by atoms with Crippen LogP contribution in [0.1, 0.15) is 152 Å². The SMILES string of the molecule is CC[C@H](C)[C@@H]([C@@H](CC(=O)N1CCC[C@H]1[C@H](OC)[C@@H](C)C(=O)NC(Cc1ccccc1)C(=O)N[C@@H](CCC(=O)O)C(=O)N[C@@H](CCCCNC(=O)CCN1C(=O)C=CC1=O)C(=O)O)OC)N(C)C(=O)[C@@H](NC(=O)[C@H](C(C)C)N(C)CCCCN(C)C(=O)C(C)(C)C)C(C)C. The topological polar surface area (TPSA) is 340 Å². The molecule has 93 heavy (non-hydrogen) atoms. The minimum Gasteiger partial charge on any atom is -0.481 e. The van der Waals surface area contributed by atoms with Crippen LogP contribution in [-0.4, -0.2) is 228 Å². The van der Waals surface area contributed by atoms with Crippen molar-refractivity contribution in [1.29, 1.82) is 0 Å². The van der Waals surface area contributed by atoms with Crippen LogP contribution in [0.5, 0.6) is 0 Å². The highest BCUT2D eigenvalue weighted by Crippen LogP contribution is 2.30. The van der Waals surface area contributed by atoms with Crippen molar-refractivity contribution in [1.82, 2.24) is 51.1 Å². The number of hydrogen-bond donors (Lipinski definition) is 7. The summed E-state index contributed by atoms with van der Waals surface area (Å²) in [6.45, 7) is 20.4. The number of ether oxygens (including phenoxy) is 2. The molecule has 0 bridgehead atoms. The van der Waals surface area contributed by atoms with Gasteiger partial charge in [-0.1, -0.05) is 106 Å². The maximum absolute atomic E-state index is 14.8. The van der Waals surface area contributed by atoms with Gasteiger partial charge in [0.1, 0.15) is 24.2 Å². The van der Waals surface area contributed by atoms with Crippen molar-refractivity contribution in [3.05, 3.63) is 48.0 Å². The Morgan fingerprint density at radius 3 is 1.87 bits per heavy atom. The number of aliphatic carboxylic acids is 2. The quantitative estimate of drug-likeness (QED) is 0.0364. The van der Waals surface area contributed by atoms with Crippen LogP contribution >= 0.6 is 0 Å². The van der Waals surface area contributed by atoms with Gasteiger partial charge in [-0.25, -0.2) is 4.79 Å². The smallest absolute Gasteiger partial charge is 0.326 e. The fourth-order valence-electron chi connectivity index (χ4n) is 12.2. The van der Waals surface area contributed by atoms with E-state index in [4.69, 9.17) is 9.47 Å². The van der Waals surface area contributed by atoms with E-state index in [1.54, 1.807) is 66.1 Å². The lowest BCUT2D eigenvalue weighted by atomic mass is 9.89. The monoisotopic (exact) mass is 1310 g/mol. The molecule has 26 nitrogen and oxygen atoms in total. The van der Waals surface area contributed by atoms with Crippen molar-refractivity contribution in [2.45, 2.75) is 207 Å². The molecule has 1 aromatic rings. The number of carboxylic acids is 2. The van der Waals surface area contributed by atoms with E-state index in [0.717, 1.165) is 29.9 Å². The zero-order valence-electron chi connectivity index (χ0n) is 57.6. The molecule has 0 aliphatic carbocycles. The van der Waals surface area contributed by atoms with Gasteiger partial charge in [0.25, 0.3) is 11.8 Å².